The fraction of sp³-hybridized carbons (Fsp3) is 0.312. The summed E-state index contributed by atoms with van der Waals surface area (Å²) in [7, 11) is 3.51. The van der Waals surface area contributed by atoms with Crippen molar-refractivity contribution in [2.45, 2.75) is 12.8 Å². The molecule has 2 aromatic rings. The van der Waals surface area contributed by atoms with Gasteiger partial charge in [0.25, 0.3) is 0 Å². The van der Waals surface area contributed by atoms with Crippen molar-refractivity contribution < 1.29 is 14.2 Å². The first-order valence-corrected chi connectivity index (χ1v) is 6.91. The quantitative estimate of drug-likeness (QED) is 0.806. The standard InChI is InChI=1S/C16H15NO4/c1-17-10-6-4-3-5-9(10)14(18)13-11(17)7-12-15(16(13)19-2)21-8-20-12/h4,6-7H,3,5,8H2,1-2H3. The van der Waals surface area contributed by atoms with Gasteiger partial charge in [-0.15, -0.1) is 0 Å². The molecule has 0 spiro atoms. The van der Waals surface area contributed by atoms with Crippen LogP contribution in [0.5, 0.6) is 17.2 Å². The van der Waals surface area contributed by atoms with Crippen molar-refractivity contribution in [3.63, 3.8) is 0 Å². The molecule has 2 aliphatic rings. The second-order valence-corrected chi connectivity index (χ2v) is 5.23. The maximum absolute atomic E-state index is 12.9. The predicted molar refractivity (Wildman–Crippen MR) is 79.2 cm³/mol. The van der Waals surface area contributed by atoms with Crippen LogP contribution in [0.2, 0.25) is 0 Å². The Morgan fingerprint density at radius 2 is 2.19 bits per heavy atom. The van der Waals surface area contributed by atoms with Crippen LogP contribution < -0.4 is 19.6 Å². The SMILES string of the molecule is COc1c2c(cc3c1c(=O)c1c(n3C)C=CCC1)OCO2. The number of fused-ring (bicyclic) bond motifs is 3. The number of aryl methyl sites for hydroxylation is 1. The van der Waals surface area contributed by atoms with Crippen molar-refractivity contribution >= 4 is 17.0 Å². The second-order valence-electron chi connectivity index (χ2n) is 5.23. The molecule has 1 aliphatic heterocycles. The topological polar surface area (TPSA) is 49.7 Å². The fourth-order valence-electron chi connectivity index (χ4n) is 3.15. The van der Waals surface area contributed by atoms with E-state index in [1.54, 1.807) is 7.11 Å². The second kappa shape index (κ2) is 4.28. The predicted octanol–water partition coefficient (Wildman–Crippen LogP) is 2.24. The molecule has 0 amide bonds. The van der Waals surface area contributed by atoms with E-state index in [1.807, 2.05) is 23.8 Å². The van der Waals surface area contributed by atoms with Gasteiger partial charge in [0.1, 0.15) is 0 Å². The summed E-state index contributed by atoms with van der Waals surface area (Å²) in [5.74, 6) is 1.61. The van der Waals surface area contributed by atoms with Crippen LogP contribution in [0.1, 0.15) is 17.7 Å². The lowest BCUT2D eigenvalue weighted by atomic mass is 9.98. The first-order valence-electron chi connectivity index (χ1n) is 6.91. The van der Waals surface area contributed by atoms with Gasteiger partial charge in [-0.1, -0.05) is 6.08 Å². The molecule has 1 aliphatic carbocycles. The van der Waals surface area contributed by atoms with Gasteiger partial charge in [0.05, 0.1) is 18.0 Å². The Morgan fingerprint density at radius 3 is 3.00 bits per heavy atom. The normalized spacial score (nSPS) is 15.3. The number of aromatic nitrogens is 1. The summed E-state index contributed by atoms with van der Waals surface area (Å²) in [6.45, 7) is 0.152. The van der Waals surface area contributed by atoms with Crippen molar-refractivity contribution in [2.75, 3.05) is 13.9 Å². The minimum Gasteiger partial charge on any atom is -0.492 e. The Bertz CT molecular complexity index is 848. The maximum atomic E-state index is 12.9. The van der Waals surface area contributed by atoms with Crippen LogP contribution >= 0.6 is 0 Å². The lowest BCUT2D eigenvalue weighted by molar-refractivity contribution is 0.171. The zero-order valence-electron chi connectivity index (χ0n) is 11.9. The number of rotatable bonds is 1. The van der Waals surface area contributed by atoms with Gasteiger partial charge in [-0.3, -0.25) is 4.79 Å². The minimum absolute atomic E-state index is 0.0256. The van der Waals surface area contributed by atoms with Crippen LogP contribution in [0.3, 0.4) is 0 Å². The molecule has 2 heterocycles. The van der Waals surface area contributed by atoms with Gasteiger partial charge >= 0.3 is 0 Å². The van der Waals surface area contributed by atoms with Crippen molar-refractivity contribution in [2.24, 2.45) is 7.05 Å². The Hall–Kier alpha value is -2.43. The highest BCUT2D eigenvalue weighted by Crippen LogP contribution is 2.45. The number of pyridine rings is 1. The molecule has 0 fully saturated rings. The van der Waals surface area contributed by atoms with E-state index in [2.05, 4.69) is 6.08 Å². The average molecular weight is 285 g/mol. The number of nitrogens with zero attached hydrogens (tertiary/aromatic N) is 1. The Morgan fingerprint density at radius 1 is 1.33 bits per heavy atom. The summed E-state index contributed by atoms with van der Waals surface area (Å²) in [5, 5.41) is 0.568. The summed E-state index contributed by atoms with van der Waals surface area (Å²) in [6.07, 6.45) is 5.75. The third-order valence-electron chi connectivity index (χ3n) is 4.17. The number of allylic oxidation sites excluding steroid dienone is 1. The molecule has 0 radical (unpaired) electrons. The van der Waals surface area contributed by atoms with E-state index in [4.69, 9.17) is 14.2 Å². The zero-order chi connectivity index (χ0) is 14.6. The first kappa shape index (κ1) is 12.3. The van der Waals surface area contributed by atoms with Gasteiger partial charge < -0.3 is 18.8 Å². The summed E-state index contributed by atoms with van der Waals surface area (Å²) < 4.78 is 18.4. The molecule has 108 valence electrons. The molecule has 1 aromatic heterocycles. The Kier molecular flexibility index (Phi) is 2.51. The van der Waals surface area contributed by atoms with Crippen LogP contribution in [0.25, 0.3) is 17.0 Å². The van der Waals surface area contributed by atoms with Gasteiger partial charge in [0.15, 0.2) is 16.9 Å². The lowest BCUT2D eigenvalue weighted by Gasteiger charge is -2.19. The molecule has 4 rings (SSSR count). The molecule has 0 atom stereocenters. The third-order valence-corrected chi connectivity index (χ3v) is 4.17. The third kappa shape index (κ3) is 1.54. The van der Waals surface area contributed by atoms with Gasteiger partial charge in [0.2, 0.25) is 12.5 Å². The first-order chi connectivity index (χ1) is 10.2. The van der Waals surface area contributed by atoms with Crippen LogP contribution in [-0.2, 0) is 13.5 Å². The largest absolute Gasteiger partial charge is 0.492 e. The average Bonchev–Trinajstić information content (AvgIpc) is 2.99. The molecule has 1 aromatic carbocycles. The van der Waals surface area contributed by atoms with Crippen molar-refractivity contribution in [1.29, 1.82) is 0 Å². The van der Waals surface area contributed by atoms with Crippen molar-refractivity contribution in [1.82, 2.24) is 4.57 Å². The Labute approximate surface area is 121 Å². The molecular weight excluding hydrogens is 270 g/mol. The van der Waals surface area contributed by atoms with E-state index in [0.717, 1.165) is 29.6 Å². The van der Waals surface area contributed by atoms with Crippen molar-refractivity contribution in [3.8, 4) is 17.2 Å². The molecule has 5 heteroatoms. The summed E-state index contributed by atoms with van der Waals surface area (Å²) in [6, 6.07) is 1.85. The molecule has 0 bridgehead atoms. The number of ether oxygens (including phenoxy) is 3. The molecular formula is C16H15NO4. The molecule has 0 saturated heterocycles. The molecule has 21 heavy (non-hydrogen) atoms. The van der Waals surface area contributed by atoms with E-state index in [-0.39, 0.29) is 12.2 Å². The monoisotopic (exact) mass is 285 g/mol. The van der Waals surface area contributed by atoms with Crippen LogP contribution in [0, 0.1) is 0 Å². The highest BCUT2D eigenvalue weighted by Gasteiger charge is 2.26. The summed E-state index contributed by atoms with van der Waals surface area (Å²) >= 11 is 0. The molecule has 5 nitrogen and oxygen atoms in total. The lowest BCUT2D eigenvalue weighted by Crippen LogP contribution is -2.19. The van der Waals surface area contributed by atoms with E-state index in [9.17, 15) is 4.79 Å². The van der Waals surface area contributed by atoms with E-state index < -0.39 is 0 Å². The van der Waals surface area contributed by atoms with Crippen LogP contribution in [0.4, 0.5) is 0 Å². The smallest absolute Gasteiger partial charge is 0.231 e. The molecule has 0 saturated carbocycles. The van der Waals surface area contributed by atoms with E-state index in [0.29, 0.717) is 22.6 Å². The molecule has 0 unspecified atom stereocenters. The summed E-state index contributed by atoms with van der Waals surface area (Å²) in [5.41, 5.74) is 2.62. The van der Waals surface area contributed by atoms with E-state index in [1.165, 1.54) is 0 Å². The van der Waals surface area contributed by atoms with Gasteiger partial charge in [0, 0.05) is 24.4 Å². The summed E-state index contributed by atoms with van der Waals surface area (Å²) in [4.78, 5) is 12.9. The fourth-order valence-corrected chi connectivity index (χ4v) is 3.15. The zero-order valence-corrected chi connectivity index (χ0v) is 11.9. The van der Waals surface area contributed by atoms with E-state index >= 15 is 0 Å². The highest BCUT2D eigenvalue weighted by molar-refractivity contribution is 5.92. The van der Waals surface area contributed by atoms with Crippen LogP contribution in [-0.4, -0.2) is 18.5 Å². The number of hydrogen-bond donors (Lipinski definition) is 0. The van der Waals surface area contributed by atoms with Crippen LogP contribution in [0.15, 0.2) is 16.9 Å². The van der Waals surface area contributed by atoms with Gasteiger partial charge in [-0.2, -0.15) is 0 Å². The maximum Gasteiger partial charge on any atom is 0.231 e. The number of benzene rings is 1. The van der Waals surface area contributed by atoms with Gasteiger partial charge in [-0.25, -0.2) is 0 Å². The Balaban J connectivity index is 2.22. The van der Waals surface area contributed by atoms with Crippen molar-refractivity contribution in [3.05, 3.63) is 33.6 Å². The number of hydrogen-bond acceptors (Lipinski definition) is 4. The minimum atomic E-state index is 0.0256. The highest BCUT2D eigenvalue weighted by atomic mass is 16.7. The van der Waals surface area contributed by atoms with Gasteiger partial charge in [-0.05, 0) is 18.9 Å². The molecule has 0 N–H and O–H groups in total. The number of methoxy groups -OCH3 is 1.